The predicted octanol–water partition coefficient (Wildman–Crippen LogP) is 1.85. The lowest BCUT2D eigenvalue weighted by Gasteiger charge is -2.36. The summed E-state index contributed by atoms with van der Waals surface area (Å²) in [6.07, 6.45) is 9.81. The molecule has 1 aliphatic carbocycles. The van der Waals surface area contributed by atoms with Crippen molar-refractivity contribution in [2.45, 2.75) is 69.1 Å². The molecule has 3 atom stereocenters. The normalized spacial score (nSPS) is 44.2. The summed E-state index contributed by atoms with van der Waals surface area (Å²) in [5, 5.41) is 12.0. The number of hydroxylamine groups is 2. The van der Waals surface area contributed by atoms with E-state index >= 15 is 0 Å². The Kier molecular flexibility index (Phi) is 2.49. The monoisotopic (exact) mass is 211 g/mol. The number of hydrogen-bond acceptors (Lipinski definition) is 3. The lowest BCUT2D eigenvalue weighted by Crippen LogP contribution is -2.44. The Hall–Kier alpha value is -0.120. The highest BCUT2D eigenvalue weighted by Crippen LogP contribution is 2.45. The third-order valence-corrected chi connectivity index (χ3v) is 4.46. The molecule has 3 aliphatic rings. The summed E-state index contributed by atoms with van der Waals surface area (Å²) in [7, 11) is 0. The molecular weight excluding hydrogens is 190 g/mol. The van der Waals surface area contributed by atoms with Gasteiger partial charge in [-0.15, -0.1) is 0 Å². The fourth-order valence-corrected chi connectivity index (χ4v) is 3.56. The maximum Gasteiger partial charge on any atom is 0.107 e. The molecule has 1 saturated carbocycles. The molecule has 86 valence electrons. The van der Waals surface area contributed by atoms with Gasteiger partial charge in [0.05, 0.1) is 6.10 Å². The maximum atomic E-state index is 9.83. The SMILES string of the molecule is O[C@@H]1CCN2O[C@@H]1CC21CCCCCC1. The van der Waals surface area contributed by atoms with Crippen LogP contribution in [0.3, 0.4) is 0 Å². The molecule has 3 heteroatoms. The quantitative estimate of drug-likeness (QED) is 0.663. The molecule has 2 saturated heterocycles. The molecule has 1 spiro atoms. The van der Waals surface area contributed by atoms with Crippen LogP contribution in [0.15, 0.2) is 0 Å². The van der Waals surface area contributed by atoms with E-state index in [1.54, 1.807) is 0 Å². The fourth-order valence-electron chi connectivity index (χ4n) is 3.56. The van der Waals surface area contributed by atoms with Gasteiger partial charge in [0, 0.05) is 12.1 Å². The summed E-state index contributed by atoms with van der Waals surface area (Å²) in [5.41, 5.74) is 0.290. The summed E-state index contributed by atoms with van der Waals surface area (Å²) < 4.78 is 0. The third-order valence-electron chi connectivity index (χ3n) is 4.46. The van der Waals surface area contributed by atoms with Crippen molar-refractivity contribution >= 4 is 0 Å². The first kappa shape index (κ1) is 10.1. The molecule has 1 unspecified atom stereocenters. The molecule has 3 nitrogen and oxygen atoms in total. The number of rotatable bonds is 0. The highest BCUT2D eigenvalue weighted by Gasteiger charge is 2.51. The maximum absolute atomic E-state index is 9.83. The van der Waals surface area contributed by atoms with E-state index in [9.17, 15) is 5.11 Å². The van der Waals surface area contributed by atoms with Crippen LogP contribution >= 0.6 is 0 Å². The van der Waals surface area contributed by atoms with Crippen LogP contribution in [0.2, 0.25) is 0 Å². The van der Waals surface area contributed by atoms with E-state index in [1.807, 2.05) is 0 Å². The Morgan fingerprint density at radius 3 is 2.53 bits per heavy atom. The number of hydrogen-bond donors (Lipinski definition) is 1. The highest BCUT2D eigenvalue weighted by atomic mass is 16.7. The van der Waals surface area contributed by atoms with Crippen LogP contribution in [0.1, 0.15) is 51.4 Å². The molecule has 1 N–H and O–H groups in total. The third kappa shape index (κ3) is 1.61. The van der Waals surface area contributed by atoms with E-state index in [4.69, 9.17) is 4.84 Å². The van der Waals surface area contributed by atoms with E-state index in [2.05, 4.69) is 5.06 Å². The van der Waals surface area contributed by atoms with Crippen LogP contribution in [0.4, 0.5) is 0 Å². The first-order valence-corrected chi connectivity index (χ1v) is 6.43. The molecule has 0 radical (unpaired) electrons. The highest BCUT2D eigenvalue weighted by molar-refractivity contribution is 4.99. The summed E-state index contributed by atoms with van der Waals surface area (Å²) >= 11 is 0. The van der Waals surface area contributed by atoms with Crippen LogP contribution in [-0.4, -0.2) is 34.5 Å². The van der Waals surface area contributed by atoms with Crippen LogP contribution in [0.5, 0.6) is 0 Å². The van der Waals surface area contributed by atoms with Crippen molar-refractivity contribution in [2.75, 3.05) is 6.54 Å². The van der Waals surface area contributed by atoms with E-state index in [1.165, 1.54) is 38.5 Å². The Labute approximate surface area is 91.4 Å². The van der Waals surface area contributed by atoms with Crippen molar-refractivity contribution in [1.82, 2.24) is 5.06 Å². The van der Waals surface area contributed by atoms with E-state index in [0.717, 1.165) is 19.4 Å². The van der Waals surface area contributed by atoms with Crippen molar-refractivity contribution in [2.24, 2.45) is 0 Å². The van der Waals surface area contributed by atoms with Crippen molar-refractivity contribution < 1.29 is 9.94 Å². The molecule has 3 fully saturated rings. The summed E-state index contributed by atoms with van der Waals surface area (Å²) in [4.78, 5) is 5.84. The van der Waals surface area contributed by atoms with E-state index in [-0.39, 0.29) is 12.2 Å². The molecule has 0 amide bonds. The van der Waals surface area contributed by atoms with Gasteiger partial charge in [-0.25, -0.2) is 0 Å². The zero-order valence-electron chi connectivity index (χ0n) is 9.32. The Morgan fingerprint density at radius 1 is 1.13 bits per heavy atom. The molecule has 3 rings (SSSR count). The lowest BCUT2D eigenvalue weighted by molar-refractivity contribution is -0.235. The molecule has 2 heterocycles. The van der Waals surface area contributed by atoms with E-state index in [0.29, 0.717) is 5.54 Å². The molecular formula is C12H21NO2. The first-order chi connectivity index (χ1) is 7.30. The van der Waals surface area contributed by atoms with Gasteiger partial charge in [0.1, 0.15) is 6.10 Å². The average molecular weight is 211 g/mol. The molecule has 2 bridgehead atoms. The number of aliphatic hydroxyl groups excluding tert-OH is 1. The van der Waals surface area contributed by atoms with Gasteiger partial charge in [-0.1, -0.05) is 25.7 Å². The van der Waals surface area contributed by atoms with Gasteiger partial charge < -0.3 is 5.11 Å². The van der Waals surface area contributed by atoms with Crippen molar-refractivity contribution in [3.8, 4) is 0 Å². The van der Waals surface area contributed by atoms with Crippen molar-refractivity contribution in [1.29, 1.82) is 0 Å². The Balaban J connectivity index is 1.80. The zero-order chi connectivity index (χ0) is 10.3. The van der Waals surface area contributed by atoms with Crippen molar-refractivity contribution in [3.63, 3.8) is 0 Å². The van der Waals surface area contributed by atoms with E-state index < -0.39 is 0 Å². The summed E-state index contributed by atoms with van der Waals surface area (Å²) in [6.45, 7) is 0.928. The zero-order valence-corrected chi connectivity index (χ0v) is 9.32. The summed E-state index contributed by atoms with van der Waals surface area (Å²) in [6, 6.07) is 0. The lowest BCUT2D eigenvalue weighted by atomic mass is 9.85. The Bertz CT molecular complexity index is 236. The minimum absolute atomic E-state index is 0.0943. The minimum Gasteiger partial charge on any atom is -0.390 e. The van der Waals surface area contributed by atoms with Gasteiger partial charge in [0.25, 0.3) is 0 Å². The second kappa shape index (κ2) is 3.72. The standard InChI is InChI=1S/C12H21NO2/c14-10-5-8-13-12(9-11(10)15-13)6-3-1-2-4-7-12/h10-11,14H,1-9H2/t10-,11-/m1/s1. The smallest absolute Gasteiger partial charge is 0.107 e. The van der Waals surface area contributed by atoms with Gasteiger partial charge in [-0.3, -0.25) is 4.84 Å². The number of fused-ring (bicyclic) bond motifs is 3. The molecule has 0 aromatic rings. The second-order valence-electron chi connectivity index (χ2n) is 5.44. The molecule has 0 aromatic carbocycles. The minimum atomic E-state index is -0.219. The predicted molar refractivity (Wildman–Crippen MR) is 57.3 cm³/mol. The van der Waals surface area contributed by atoms with Gasteiger partial charge >= 0.3 is 0 Å². The molecule has 0 aromatic heterocycles. The van der Waals surface area contributed by atoms with Crippen LogP contribution < -0.4 is 0 Å². The fraction of sp³-hybridized carbons (Fsp3) is 1.00. The number of nitrogens with zero attached hydrogens (tertiary/aromatic N) is 1. The van der Waals surface area contributed by atoms with Crippen LogP contribution in [0.25, 0.3) is 0 Å². The Morgan fingerprint density at radius 2 is 1.87 bits per heavy atom. The van der Waals surface area contributed by atoms with Crippen LogP contribution in [-0.2, 0) is 4.84 Å². The van der Waals surface area contributed by atoms with Gasteiger partial charge in [0.2, 0.25) is 0 Å². The topological polar surface area (TPSA) is 32.7 Å². The van der Waals surface area contributed by atoms with Crippen molar-refractivity contribution in [3.05, 3.63) is 0 Å². The van der Waals surface area contributed by atoms with Crippen LogP contribution in [0, 0.1) is 0 Å². The summed E-state index contributed by atoms with van der Waals surface area (Å²) in [5.74, 6) is 0. The van der Waals surface area contributed by atoms with Gasteiger partial charge in [-0.05, 0) is 25.7 Å². The first-order valence-electron chi connectivity index (χ1n) is 6.43. The molecule has 15 heavy (non-hydrogen) atoms. The number of aliphatic hydroxyl groups is 1. The largest absolute Gasteiger partial charge is 0.390 e. The van der Waals surface area contributed by atoms with Gasteiger partial charge in [-0.2, -0.15) is 5.06 Å². The average Bonchev–Trinajstić information content (AvgIpc) is 2.37. The second-order valence-corrected chi connectivity index (χ2v) is 5.44. The van der Waals surface area contributed by atoms with Gasteiger partial charge in [0.15, 0.2) is 0 Å². The molecule has 2 aliphatic heterocycles.